The monoisotopic (exact) mass is 298 g/mol. The standard InChI is InChI=1S/C16H19N5O/c1-3-21(12-7-5-4-6-10(12)2)9-11-8-18-14-13(11)15(22)20-16(17)19-14/h4-8H,3,9H2,1-2H3,(H4,17,18,19,20,22)/i1D. The number of hydrogen-bond acceptors (Lipinski definition) is 4. The van der Waals surface area contributed by atoms with E-state index in [-0.39, 0.29) is 18.4 Å². The number of nitrogens with one attached hydrogen (secondary N) is 2. The molecule has 0 saturated carbocycles. The summed E-state index contributed by atoms with van der Waals surface area (Å²) in [6, 6.07) is 8.03. The maximum absolute atomic E-state index is 12.2. The Morgan fingerprint density at radius 3 is 3.00 bits per heavy atom. The van der Waals surface area contributed by atoms with Gasteiger partial charge in [0, 0.05) is 31.9 Å². The van der Waals surface area contributed by atoms with E-state index in [2.05, 4.69) is 19.9 Å². The number of aryl methyl sites for hydroxylation is 1. The molecule has 0 spiro atoms. The van der Waals surface area contributed by atoms with Crippen LogP contribution in [0.1, 0.15) is 19.4 Å². The van der Waals surface area contributed by atoms with Crippen molar-refractivity contribution in [1.82, 2.24) is 15.0 Å². The van der Waals surface area contributed by atoms with Gasteiger partial charge in [-0.2, -0.15) is 4.98 Å². The molecule has 1 aromatic carbocycles. The molecular formula is C16H19N5O. The van der Waals surface area contributed by atoms with Gasteiger partial charge in [0.25, 0.3) is 5.56 Å². The van der Waals surface area contributed by atoms with Crippen molar-refractivity contribution in [1.29, 1.82) is 0 Å². The zero-order valence-electron chi connectivity index (χ0n) is 13.4. The Morgan fingerprint density at radius 1 is 1.41 bits per heavy atom. The molecule has 3 rings (SSSR count). The van der Waals surface area contributed by atoms with Crippen LogP contribution in [-0.4, -0.2) is 21.5 Å². The van der Waals surface area contributed by atoms with Crippen molar-refractivity contribution in [3.05, 3.63) is 51.9 Å². The molecule has 4 N–H and O–H groups in total. The fraction of sp³-hybridized carbons (Fsp3) is 0.250. The summed E-state index contributed by atoms with van der Waals surface area (Å²) < 4.78 is 7.57. The fourth-order valence-electron chi connectivity index (χ4n) is 2.65. The lowest BCUT2D eigenvalue weighted by Crippen LogP contribution is -2.23. The number of aromatic nitrogens is 3. The molecule has 3 aromatic rings. The van der Waals surface area contributed by atoms with E-state index in [0.29, 0.717) is 24.1 Å². The summed E-state index contributed by atoms with van der Waals surface area (Å²) in [5.74, 6) is 0.0952. The minimum Gasteiger partial charge on any atom is -0.369 e. The molecule has 0 amide bonds. The molecule has 6 heteroatoms. The van der Waals surface area contributed by atoms with E-state index in [9.17, 15) is 4.79 Å². The van der Waals surface area contributed by atoms with Crippen molar-refractivity contribution < 1.29 is 1.37 Å². The number of fused-ring (bicyclic) bond motifs is 1. The first-order valence-corrected chi connectivity index (χ1v) is 7.05. The SMILES string of the molecule is [2H]CCN(Cc1c[nH]c2nc(N)[nH]c(=O)c12)c1ccccc1C. The highest BCUT2D eigenvalue weighted by atomic mass is 16.1. The number of benzene rings is 1. The summed E-state index contributed by atoms with van der Waals surface area (Å²) in [5, 5.41) is 0.516. The average molecular weight is 298 g/mol. The van der Waals surface area contributed by atoms with Gasteiger partial charge in [0.15, 0.2) is 0 Å². The summed E-state index contributed by atoms with van der Waals surface area (Å²) in [6.07, 6.45) is 1.78. The molecular weight excluding hydrogens is 278 g/mol. The summed E-state index contributed by atoms with van der Waals surface area (Å²) in [4.78, 5) is 23.9. The average Bonchev–Trinajstić information content (AvgIpc) is 2.90. The molecule has 0 aliphatic carbocycles. The van der Waals surface area contributed by atoms with Crippen LogP contribution in [0.3, 0.4) is 0 Å². The Bertz CT molecular complexity index is 886. The summed E-state index contributed by atoms with van der Waals surface area (Å²) >= 11 is 0. The first kappa shape index (κ1) is 12.9. The Morgan fingerprint density at radius 2 is 2.23 bits per heavy atom. The topological polar surface area (TPSA) is 90.8 Å². The molecule has 2 aromatic heterocycles. The van der Waals surface area contributed by atoms with Crippen LogP contribution >= 0.6 is 0 Å². The molecule has 22 heavy (non-hydrogen) atoms. The lowest BCUT2D eigenvalue weighted by molar-refractivity contribution is 0.831. The summed E-state index contributed by atoms with van der Waals surface area (Å²) in [5.41, 5.74) is 8.84. The van der Waals surface area contributed by atoms with Gasteiger partial charge in [-0.05, 0) is 25.5 Å². The molecule has 0 radical (unpaired) electrons. The highest BCUT2D eigenvalue weighted by Gasteiger charge is 2.14. The van der Waals surface area contributed by atoms with Crippen molar-refractivity contribution in [2.75, 3.05) is 17.2 Å². The van der Waals surface area contributed by atoms with E-state index in [4.69, 9.17) is 7.10 Å². The first-order valence-electron chi connectivity index (χ1n) is 7.76. The number of hydrogen-bond donors (Lipinski definition) is 3. The van der Waals surface area contributed by atoms with Crippen molar-refractivity contribution in [2.24, 2.45) is 0 Å². The van der Waals surface area contributed by atoms with Gasteiger partial charge in [0.05, 0.1) is 5.39 Å². The number of H-pyrrole nitrogens is 2. The molecule has 0 atom stereocenters. The highest BCUT2D eigenvalue weighted by molar-refractivity contribution is 5.79. The van der Waals surface area contributed by atoms with Crippen molar-refractivity contribution >= 4 is 22.7 Å². The van der Waals surface area contributed by atoms with Gasteiger partial charge in [0.1, 0.15) is 5.65 Å². The third-order valence-corrected chi connectivity index (χ3v) is 3.73. The molecule has 114 valence electrons. The number of aromatic amines is 2. The minimum atomic E-state index is -0.251. The molecule has 0 saturated heterocycles. The Balaban J connectivity index is 2.02. The minimum absolute atomic E-state index is 0.0952. The predicted molar refractivity (Wildman–Crippen MR) is 89.0 cm³/mol. The van der Waals surface area contributed by atoms with Crippen LogP contribution in [0.25, 0.3) is 11.0 Å². The molecule has 0 aliphatic rings. The fourth-order valence-corrected chi connectivity index (χ4v) is 2.65. The van der Waals surface area contributed by atoms with Crippen LogP contribution in [0.2, 0.25) is 0 Å². The van der Waals surface area contributed by atoms with E-state index in [0.717, 1.165) is 16.8 Å². The number of para-hydroxylation sites is 1. The van der Waals surface area contributed by atoms with Crippen molar-refractivity contribution in [3.8, 4) is 0 Å². The molecule has 0 unspecified atom stereocenters. The van der Waals surface area contributed by atoms with Crippen LogP contribution in [0.4, 0.5) is 11.6 Å². The van der Waals surface area contributed by atoms with Gasteiger partial charge < -0.3 is 15.6 Å². The van der Waals surface area contributed by atoms with Crippen LogP contribution in [0.15, 0.2) is 35.3 Å². The quantitative estimate of drug-likeness (QED) is 0.688. The lowest BCUT2D eigenvalue weighted by Gasteiger charge is -2.24. The van der Waals surface area contributed by atoms with Gasteiger partial charge in [-0.3, -0.25) is 9.78 Å². The smallest absolute Gasteiger partial charge is 0.262 e. The molecule has 2 heterocycles. The maximum Gasteiger partial charge on any atom is 0.262 e. The van der Waals surface area contributed by atoms with Crippen molar-refractivity contribution in [2.45, 2.75) is 20.4 Å². The summed E-state index contributed by atoms with van der Waals surface area (Å²) in [6.45, 7) is 3.42. The zero-order valence-corrected chi connectivity index (χ0v) is 12.4. The second-order valence-electron chi connectivity index (χ2n) is 5.20. The first-order chi connectivity index (χ1) is 11.1. The lowest BCUT2D eigenvalue weighted by atomic mass is 10.1. The van der Waals surface area contributed by atoms with Crippen LogP contribution in [0.5, 0.6) is 0 Å². The molecule has 6 nitrogen and oxygen atoms in total. The van der Waals surface area contributed by atoms with E-state index in [1.165, 1.54) is 0 Å². The van der Waals surface area contributed by atoms with Gasteiger partial charge in [0.2, 0.25) is 5.95 Å². The highest BCUT2D eigenvalue weighted by Crippen LogP contribution is 2.23. The van der Waals surface area contributed by atoms with Gasteiger partial charge in [-0.15, -0.1) is 0 Å². The van der Waals surface area contributed by atoms with E-state index >= 15 is 0 Å². The molecule has 0 aliphatic heterocycles. The van der Waals surface area contributed by atoms with E-state index in [1.54, 1.807) is 6.20 Å². The van der Waals surface area contributed by atoms with Gasteiger partial charge in [-0.25, -0.2) is 0 Å². The second kappa shape index (κ2) is 5.55. The number of nitrogens with two attached hydrogens (primary N) is 1. The maximum atomic E-state index is 12.2. The Labute approximate surface area is 129 Å². The second-order valence-corrected chi connectivity index (χ2v) is 5.20. The number of rotatable bonds is 4. The number of nitrogens with zero attached hydrogens (tertiary/aromatic N) is 2. The van der Waals surface area contributed by atoms with Gasteiger partial charge in [-0.1, -0.05) is 18.2 Å². The number of nitrogen functional groups attached to an aromatic ring is 1. The molecule has 0 fully saturated rings. The summed E-state index contributed by atoms with van der Waals surface area (Å²) in [7, 11) is 0. The third-order valence-electron chi connectivity index (χ3n) is 3.73. The largest absolute Gasteiger partial charge is 0.369 e. The van der Waals surface area contributed by atoms with Crippen LogP contribution in [-0.2, 0) is 6.54 Å². The zero-order chi connectivity index (χ0) is 16.4. The Kier molecular flexibility index (Phi) is 3.27. The van der Waals surface area contributed by atoms with Crippen LogP contribution in [0, 0.1) is 6.92 Å². The number of anilines is 2. The van der Waals surface area contributed by atoms with E-state index < -0.39 is 0 Å². The van der Waals surface area contributed by atoms with Crippen molar-refractivity contribution in [3.63, 3.8) is 0 Å². The third kappa shape index (κ3) is 2.43. The predicted octanol–water partition coefficient (Wildman–Crippen LogP) is 2.17. The normalized spacial score (nSPS) is 11.6. The Hall–Kier alpha value is -2.76. The van der Waals surface area contributed by atoms with Gasteiger partial charge >= 0.3 is 0 Å². The van der Waals surface area contributed by atoms with Crippen LogP contribution < -0.4 is 16.2 Å². The van der Waals surface area contributed by atoms with E-state index in [1.807, 2.05) is 31.2 Å². The molecule has 0 bridgehead atoms.